The number of amides is 1. The number of hydrogen-bond donors (Lipinski definition) is 1. The SMILES string of the molecule is COc1ccc(NC(=O)C2CCN(Cc3nc4ccccc4n3-c3cccc(Br)c3)CC2)cc1. The Balaban J connectivity index is 1.27. The van der Waals surface area contributed by atoms with E-state index in [2.05, 4.69) is 61.0 Å². The summed E-state index contributed by atoms with van der Waals surface area (Å²) in [5.74, 6) is 1.90. The van der Waals surface area contributed by atoms with Crippen LogP contribution < -0.4 is 10.1 Å². The van der Waals surface area contributed by atoms with Gasteiger partial charge in [-0.3, -0.25) is 14.3 Å². The number of hydrogen-bond acceptors (Lipinski definition) is 4. The molecule has 4 aromatic rings. The highest BCUT2D eigenvalue weighted by Crippen LogP contribution is 2.27. The molecule has 3 aromatic carbocycles. The largest absolute Gasteiger partial charge is 0.497 e. The van der Waals surface area contributed by atoms with Crippen LogP contribution in [0.1, 0.15) is 18.7 Å². The van der Waals surface area contributed by atoms with Crippen molar-refractivity contribution in [1.29, 1.82) is 0 Å². The fraction of sp³-hybridized carbons (Fsp3) is 0.259. The minimum Gasteiger partial charge on any atom is -0.497 e. The number of aromatic nitrogens is 2. The third-order valence-electron chi connectivity index (χ3n) is 6.38. The molecule has 0 aliphatic carbocycles. The molecule has 0 radical (unpaired) electrons. The van der Waals surface area contributed by atoms with E-state index in [9.17, 15) is 4.79 Å². The maximum Gasteiger partial charge on any atom is 0.227 e. The average molecular weight is 519 g/mol. The van der Waals surface area contributed by atoms with E-state index in [0.29, 0.717) is 0 Å². The molecule has 1 fully saturated rings. The van der Waals surface area contributed by atoms with Crippen LogP contribution in [0.2, 0.25) is 0 Å². The smallest absolute Gasteiger partial charge is 0.227 e. The van der Waals surface area contributed by atoms with Crippen LogP contribution in [0.4, 0.5) is 5.69 Å². The number of imidazole rings is 1. The quantitative estimate of drug-likeness (QED) is 0.358. The maximum atomic E-state index is 12.8. The van der Waals surface area contributed by atoms with Crippen molar-refractivity contribution >= 4 is 38.6 Å². The number of halogens is 1. The first-order valence-electron chi connectivity index (χ1n) is 11.5. The Bertz CT molecular complexity index is 1290. The molecular weight excluding hydrogens is 492 g/mol. The molecule has 1 aromatic heterocycles. The van der Waals surface area contributed by atoms with Gasteiger partial charge in [-0.2, -0.15) is 0 Å². The molecule has 2 heterocycles. The molecule has 1 aliphatic rings. The Hall–Kier alpha value is -3.16. The van der Waals surface area contributed by atoms with E-state index in [1.54, 1.807) is 7.11 Å². The highest BCUT2D eigenvalue weighted by Gasteiger charge is 2.26. The number of carbonyl (C=O) groups is 1. The topological polar surface area (TPSA) is 59.4 Å². The van der Waals surface area contributed by atoms with Crippen molar-refractivity contribution in [1.82, 2.24) is 14.5 Å². The molecule has 174 valence electrons. The standard InChI is InChI=1S/C27H27BrN4O2/c1-34-23-11-9-21(10-12-23)29-27(33)19-13-15-31(16-14-19)18-26-30-24-7-2-3-8-25(24)32(26)22-6-4-5-20(28)17-22/h2-12,17,19H,13-16,18H2,1H3,(H,29,33). The Morgan fingerprint density at radius 2 is 1.82 bits per heavy atom. The molecule has 7 heteroatoms. The van der Waals surface area contributed by atoms with E-state index < -0.39 is 0 Å². The maximum absolute atomic E-state index is 12.8. The lowest BCUT2D eigenvalue weighted by atomic mass is 9.96. The lowest BCUT2D eigenvalue weighted by molar-refractivity contribution is -0.121. The van der Waals surface area contributed by atoms with Crippen LogP contribution in [0.5, 0.6) is 5.75 Å². The van der Waals surface area contributed by atoms with E-state index in [1.165, 1.54) is 0 Å². The van der Waals surface area contributed by atoms with Crippen molar-refractivity contribution in [3.63, 3.8) is 0 Å². The molecule has 1 aliphatic heterocycles. The zero-order chi connectivity index (χ0) is 23.5. The van der Waals surface area contributed by atoms with Gasteiger partial charge < -0.3 is 10.1 Å². The van der Waals surface area contributed by atoms with Gasteiger partial charge in [-0.25, -0.2) is 4.98 Å². The molecule has 0 bridgehead atoms. The van der Waals surface area contributed by atoms with Gasteiger partial charge in [0.15, 0.2) is 0 Å². The number of ether oxygens (including phenoxy) is 1. The molecular formula is C27H27BrN4O2. The van der Waals surface area contributed by atoms with Crippen LogP contribution in [0.3, 0.4) is 0 Å². The first-order chi connectivity index (χ1) is 16.6. The summed E-state index contributed by atoms with van der Waals surface area (Å²) in [4.78, 5) is 20.1. The highest BCUT2D eigenvalue weighted by molar-refractivity contribution is 9.10. The number of benzene rings is 3. The van der Waals surface area contributed by atoms with Gasteiger partial charge in [0.05, 0.1) is 24.7 Å². The van der Waals surface area contributed by atoms with Crippen molar-refractivity contribution in [2.45, 2.75) is 19.4 Å². The second-order valence-corrected chi connectivity index (χ2v) is 9.52. The third-order valence-corrected chi connectivity index (χ3v) is 6.87. The van der Waals surface area contributed by atoms with E-state index in [-0.39, 0.29) is 11.8 Å². The summed E-state index contributed by atoms with van der Waals surface area (Å²) in [6, 6.07) is 24.0. The van der Waals surface area contributed by atoms with Crippen LogP contribution >= 0.6 is 15.9 Å². The fourth-order valence-corrected chi connectivity index (χ4v) is 4.94. The summed E-state index contributed by atoms with van der Waals surface area (Å²) < 4.78 is 8.46. The molecule has 0 saturated carbocycles. The van der Waals surface area contributed by atoms with Crippen LogP contribution in [0, 0.1) is 5.92 Å². The Morgan fingerprint density at radius 1 is 1.06 bits per heavy atom. The van der Waals surface area contributed by atoms with Gasteiger partial charge in [0.1, 0.15) is 11.6 Å². The molecule has 34 heavy (non-hydrogen) atoms. The number of rotatable bonds is 6. The second kappa shape index (κ2) is 9.99. The van der Waals surface area contributed by atoms with Crippen molar-refractivity contribution in [2.24, 2.45) is 5.92 Å². The first-order valence-corrected chi connectivity index (χ1v) is 12.3. The Morgan fingerprint density at radius 3 is 2.56 bits per heavy atom. The van der Waals surface area contributed by atoms with Crippen molar-refractivity contribution in [3.05, 3.63) is 83.1 Å². The van der Waals surface area contributed by atoms with Gasteiger partial charge in [-0.15, -0.1) is 0 Å². The molecule has 0 unspecified atom stereocenters. The van der Waals surface area contributed by atoms with Crippen molar-refractivity contribution < 1.29 is 9.53 Å². The van der Waals surface area contributed by atoms with E-state index in [0.717, 1.165) is 70.9 Å². The molecule has 1 amide bonds. The zero-order valence-electron chi connectivity index (χ0n) is 19.1. The number of methoxy groups -OCH3 is 1. The van der Waals surface area contributed by atoms with Gasteiger partial charge in [-0.1, -0.05) is 34.1 Å². The summed E-state index contributed by atoms with van der Waals surface area (Å²) in [6.07, 6.45) is 1.66. The van der Waals surface area contributed by atoms with Gasteiger partial charge in [-0.05, 0) is 80.5 Å². The molecule has 0 spiro atoms. The van der Waals surface area contributed by atoms with E-state index >= 15 is 0 Å². The zero-order valence-corrected chi connectivity index (χ0v) is 20.7. The lowest BCUT2D eigenvalue weighted by Gasteiger charge is -2.31. The molecule has 1 saturated heterocycles. The Kier molecular flexibility index (Phi) is 6.65. The number of nitrogens with zero attached hydrogens (tertiary/aromatic N) is 3. The van der Waals surface area contributed by atoms with Crippen LogP contribution in [-0.2, 0) is 11.3 Å². The molecule has 5 rings (SSSR count). The summed E-state index contributed by atoms with van der Waals surface area (Å²) >= 11 is 3.60. The average Bonchev–Trinajstić information content (AvgIpc) is 3.22. The number of likely N-dealkylation sites (tertiary alicyclic amines) is 1. The first kappa shape index (κ1) is 22.6. The summed E-state index contributed by atoms with van der Waals surface area (Å²) in [6.45, 7) is 2.47. The van der Waals surface area contributed by atoms with Crippen LogP contribution in [-0.4, -0.2) is 40.6 Å². The predicted molar refractivity (Wildman–Crippen MR) is 138 cm³/mol. The van der Waals surface area contributed by atoms with Gasteiger partial charge in [0, 0.05) is 21.8 Å². The fourth-order valence-electron chi connectivity index (χ4n) is 4.56. The number of anilines is 1. The van der Waals surface area contributed by atoms with E-state index in [1.807, 2.05) is 42.5 Å². The van der Waals surface area contributed by atoms with Crippen molar-refractivity contribution in [3.8, 4) is 11.4 Å². The lowest BCUT2D eigenvalue weighted by Crippen LogP contribution is -2.38. The molecule has 6 nitrogen and oxygen atoms in total. The predicted octanol–water partition coefficient (Wildman–Crippen LogP) is 5.65. The minimum atomic E-state index is 0.0160. The number of para-hydroxylation sites is 2. The highest BCUT2D eigenvalue weighted by atomic mass is 79.9. The normalized spacial score (nSPS) is 14.9. The second-order valence-electron chi connectivity index (χ2n) is 8.60. The number of piperidine rings is 1. The third kappa shape index (κ3) is 4.86. The van der Waals surface area contributed by atoms with Gasteiger partial charge >= 0.3 is 0 Å². The Labute approximate surface area is 207 Å². The monoisotopic (exact) mass is 518 g/mol. The number of carbonyl (C=O) groups excluding carboxylic acids is 1. The summed E-state index contributed by atoms with van der Waals surface area (Å²) in [5.41, 5.74) is 3.98. The van der Waals surface area contributed by atoms with Gasteiger partial charge in [0.2, 0.25) is 5.91 Å². The van der Waals surface area contributed by atoms with Gasteiger partial charge in [0.25, 0.3) is 0 Å². The summed E-state index contributed by atoms with van der Waals surface area (Å²) in [5, 5.41) is 3.05. The molecule has 0 atom stereocenters. The van der Waals surface area contributed by atoms with Crippen molar-refractivity contribution in [2.75, 3.05) is 25.5 Å². The minimum absolute atomic E-state index is 0.0160. The van der Waals surface area contributed by atoms with Crippen LogP contribution in [0.25, 0.3) is 16.7 Å². The number of fused-ring (bicyclic) bond motifs is 1. The summed E-state index contributed by atoms with van der Waals surface area (Å²) in [7, 11) is 1.63. The molecule has 1 N–H and O–H groups in total. The van der Waals surface area contributed by atoms with Crippen LogP contribution in [0.15, 0.2) is 77.3 Å². The van der Waals surface area contributed by atoms with E-state index in [4.69, 9.17) is 9.72 Å². The number of nitrogens with one attached hydrogen (secondary N) is 1.